The molecule has 0 aromatic heterocycles. The summed E-state index contributed by atoms with van der Waals surface area (Å²) in [5.41, 5.74) is 1.69. The predicted octanol–water partition coefficient (Wildman–Crippen LogP) is 2.50. The second-order valence-electron chi connectivity index (χ2n) is 4.61. The lowest BCUT2D eigenvalue weighted by Crippen LogP contribution is -1.99. The molecule has 0 fully saturated rings. The summed E-state index contributed by atoms with van der Waals surface area (Å²) in [7, 11) is 1.63. The number of ether oxygens (including phenoxy) is 4. The van der Waals surface area contributed by atoms with E-state index in [1.165, 1.54) is 0 Å². The van der Waals surface area contributed by atoms with Crippen molar-refractivity contribution < 1.29 is 24.1 Å². The lowest BCUT2D eigenvalue weighted by Gasteiger charge is -2.11. The average molecular weight is 288 g/mol. The number of aliphatic hydroxyl groups excluding tert-OH is 1. The lowest BCUT2D eigenvalue weighted by molar-refractivity contribution is 0.173. The maximum atomic E-state index is 9.42. The van der Waals surface area contributed by atoms with Gasteiger partial charge in [-0.25, -0.2) is 0 Å². The van der Waals surface area contributed by atoms with Crippen molar-refractivity contribution in [1.82, 2.24) is 0 Å². The van der Waals surface area contributed by atoms with Gasteiger partial charge in [0.2, 0.25) is 6.79 Å². The van der Waals surface area contributed by atoms with Crippen LogP contribution in [-0.2, 0) is 13.2 Å². The highest BCUT2D eigenvalue weighted by Crippen LogP contribution is 2.38. The van der Waals surface area contributed by atoms with Crippen molar-refractivity contribution in [3.63, 3.8) is 0 Å². The van der Waals surface area contributed by atoms with Gasteiger partial charge in [-0.3, -0.25) is 0 Å². The fourth-order valence-corrected chi connectivity index (χ4v) is 2.11. The zero-order valence-corrected chi connectivity index (χ0v) is 11.7. The maximum Gasteiger partial charge on any atom is 0.231 e. The van der Waals surface area contributed by atoms with E-state index >= 15 is 0 Å². The molecule has 5 heteroatoms. The first kappa shape index (κ1) is 13.6. The Balaban J connectivity index is 1.74. The Labute approximate surface area is 122 Å². The third kappa shape index (κ3) is 2.87. The predicted molar refractivity (Wildman–Crippen MR) is 75.8 cm³/mol. The van der Waals surface area contributed by atoms with E-state index in [-0.39, 0.29) is 13.4 Å². The van der Waals surface area contributed by atoms with E-state index in [4.69, 9.17) is 18.9 Å². The van der Waals surface area contributed by atoms with Crippen LogP contribution >= 0.6 is 0 Å². The van der Waals surface area contributed by atoms with Gasteiger partial charge in [-0.1, -0.05) is 12.1 Å². The van der Waals surface area contributed by atoms with E-state index in [1.807, 2.05) is 24.3 Å². The van der Waals surface area contributed by atoms with Crippen LogP contribution in [0.2, 0.25) is 0 Å². The van der Waals surface area contributed by atoms with E-state index in [0.717, 1.165) is 11.3 Å². The van der Waals surface area contributed by atoms with Crippen molar-refractivity contribution in [2.75, 3.05) is 13.9 Å². The van der Waals surface area contributed by atoms with Crippen LogP contribution in [0.25, 0.3) is 0 Å². The minimum absolute atomic E-state index is 0.116. The largest absolute Gasteiger partial charge is 0.497 e. The first-order valence-corrected chi connectivity index (χ1v) is 6.59. The van der Waals surface area contributed by atoms with Crippen LogP contribution < -0.4 is 18.9 Å². The second-order valence-corrected chi connectivity index (χ2v) is 4.61. The van der Waals surface area contributed by atoms with Gasteiger partial charge < -0.3 is 24.1 Å². The topological polar surface area (TPSA) is 57.2 Å². The van der Waals surface area contributed by atoms with Gasteiger partial charge >= 0.3 is 0 Å². The van der Waals surface area contributed by atoms with Gasteiger partial charge in [0, 0.05) is 11.6 Å². The molecule has 5 nitrogen and oxygen atoms in total. The zero-order valence-electron chi connectivity index (χ0n) is 11.7. The van der Waals surface area contributed by atoms with Crippen molar-refractivity contribution in [3.8, 4) is 23.0 Å². The number of hydrogen-bond acceptors (Lipinski definition) is 5. The molecule has 1 aliphatic rings. The first-order valence-electron chi connectivity index (χ1n) is 6.59. The van der Waals surface area contributed by atoms with Gasteiger partial charge in [-0.2, -0.15) is 0 Å². The second kappa shape index (κ2) is 5.93. The summed E-state index contributed by atoms with van der Waals surface area (Å²) in [5.74, 6) is 2.67. The summed E-state index contributed by atoms with van der Waals surface area (Å²) in [6, 6.07) is 11.1. The normalized spacial score (nSPS) is 12.3. The summed E-state index contributed by atoms with van der Waals surface area (Å²) in [4.78, 5) is 0. The Morgan fingerprint density at radius 2 is 1.81 bits per heavy atom. The monoisotopic (exact) mass is 288 g/mol. The highest BCUT2D eigenvalue weighted by atomic mass is 16.7. The summed E-state index contributed by atoms with van der Waals surface area (Å²) in [6.07, 6.45) is 0. The van der Waals surface area contributed by atoms with Crippen LogP contribution in [0.4, 0.5) is 0 Å². The van der Waals surface area contributed by atoms with Crippen LogP contribution in [0, 0.1) is 0 Å². The molecule has 0 radical (unpaired) electrons. The van der Waals surface area contributed by atoms with E-state index in [1.54, 1.807) is 19.2 Å². The van der Waals surface area contributed by atoms with Gasteiger partial charge in [-0.05, 0) is 23.8 Å². The molecule has 2 aromatic rings. The van der Waals surface area contributed by atoms with Crippen molar-refractivity contribution >= 4 is 0 Å². The van der Waals surface area contributed by atoms with Crippen LogP contribution in [0.1, 0.15) is 11.1 Å². The molecule has 0 bridgehead atoms. The summed E-state index contributed by atoms with van der Waals surface area (Å²) in [5, 5.41) is 9.42. The molecule has 1 N–H and O–H groups in total. The SMILES string of the molecule is COc1ccc(COc2cc3c(cc2CO)OCO3)cc1. The quantitative estimate of drug-likeness (QED) is 0.916. The number of rotatable bonds is 5. The van der Waals surface area contributed by atoms with Crippen molar-refractivity contribution in [3.05, 3.63) is 47.5 Å². The lowest BCUT2D eigenvalue weighted by atomic mass is 10.2. The molecule has 21 heavy (non-hydrogen) atoms. The van der Waals surface area contributed by atoms with Gasteiger partial charge in [0.25, 0.3) is 0 Å². The average Bonchev–Trinajstić information content (AvgIpc) is 2.99. The van der Waals surface area contributed by atoms with E-state index in [2.05, 4.69) is 0 Å². The van der Waals surface area contributed by atoms with Gasteiger partial charge in [0.1, 0.15) is 18.1 Å². The third-order valence-electron chi connectivity index (χ3n) is 3.28. The van der Waals surface area contributed by atoms with Crippen molar-refractivity contribution in [2.45, 2.75) is 13.2 Å². The number of benzene rings is 2. The highest BCUT2D eigenvalue weighted by Gasteiger charge is 2.17. The smallest absolute Gasteiger partial charge is 0.231 e. The molecule has 1 aliphatic heterocycles. The molecular formula is C16H16O5. The molecule has 0 aliphatic carbocycles. The molecule has 0 saturated heterocycles. The maximum absolute atomic E-state index is 9.42. The van der Waals surface area contributed by atoms with E-state index in [9.17, 15) is 5.11 Å². The Bertz CT molecular complexity index is 621. The minimum atomic E-state index is -0.116. The number of methoxy groups -OCH3 is 1. The van der Waals surface area contributed by atoms with Gasteiger partial charge in [0.15, 0.2) is 11.5 Å². The zero-order chi connectivity index (χ0) is 14.7. The minimum Gasteiger partial charge on any atom is -0.497 e. The molecule has 0 amide bonds. The summed E-state index contributed by atoms with van der Waals surface area (Å²) < 4.78 is 21.5. The summed E-state index contributed by atoms with van der Waals surface area (Å²) in [6.45, 7) is 0.480. The Kier molecular flexibility index (Phi) is 3.83. The van der Waals surface area contributed by atoms with Crippen molar-refractivity contribution in [1.29, 1.82) is 0 Å². The standard InChI is InChI=1S/C16H16O5/c1-18-13-4-2-11(3-5-13)9-19-14-7-16-15(20-10-21-16)6-12(14)8-17/h2-7,17H,8-10H2,1H3. The molecule has 110 valence electrons. The number of hydrogen-bond donors (Lipinski definition) is 1. The summed E-state index contributed by atoms with van der Waals surface area (Å²) >= 11 is 0. The molecule has 0 saturated carbocycles. The fourth-order valence-electron chi connectivity index (χ4n) is 2.11. The Hall–Kier alpha value is -2.40. The molecule has 0 atom stereocenters. The molecule has 1 heterocycles. The van der Waals surface area contributed by atoms with Crippen LogP contribution in [-0.4, -0.2) is 19.0 Å². The van der Waals surface area contributed by atoms with E-state index in [0.29, 0.717) is 29.4 Å². The van der Waals surface area contributed by atoms with E-state index < -0.39 is 0 Å². The fraction of sp³-hybridized carbons (Fsp3) is 0.250. The molecule has 3 rings (SSSR count). The first-order chi connectivity index (χ1) is 10.3. The van der Waals surface area contributed by atoms with Gasteiger partial charge in [0.05, 0.1) is 13.7 Å². The van der Waals surface area contributed by atoms with Crippen molar-refractivity contribution in [2.24, 2.45) is 0 Å². The molecule has 0 unspecified atom stereocenters. The molecular weight excluding hydrogens is 272 g/mol. The molecule has 2 aromatic carbocycles. The van der Waals surface area contributed by atoms with Gasteiger partial charge in [-0.15, -0.1) is 0 Å². The third-order valence-corrected chi connectivity index (χ3v) is 3.28. The molecule has 0 spiro atoms. The Morgan fingerprint density at radius 1 is 1.10 bits per heavy atom. The number of aliphatic hydroxyl groups is 1. The Morgan fingerprint density at radius 3 is 2.48 bits per heavy atom. The number of fused-ring (bicyclic) bond motifs is 1. The van der Waals surface area contributed by atoms with Crippen LogP contribution in [0.15, 0.2) is 36.4 Å². The highest BCUT2D eigenvalue weighted by molar-refractivity contribution is 5.51. The van der Waals surface area contributed by atoms with Crippen LogP contribution in [0.5, 0.6) is 23.0 Å². The van der Waals surface area contributed by atoms with Crippen LogP contribution in [0.3, 0.4) is 0 Å².